The van der Waals surface area contributed by atoms with Gasteiger partial charge in [0.05, 0.1) is 21.2 Å². The zero-order valence-electron chi connectivity index (χ0n) is 16.7. The predicted molar refractivity (Wildman–Crippen MR) is 117 cm³/mol. The molecule has 0 N–H and O–H groups in total. The van der Waals surface area contributed by atoms with Crippen molar-refractivity contribution in [2.45, 2.75) is 43.9 Å². The third-order valence-corrected chi connectivity index (χ3v) is 7.46. The summed E-state index contributed by atoms with van der Waals surface area (Å²) in [6.45, 7) is 3.42. The highest BCUT2D eigenvalue weighted by molar-refractivity contribution is 7.92. The van der Waals surface area contributed by atoms with Crippen molar-refractivity contribution in [2.24, 2.45) is 0 Å². The van der Waals surface area contributed by atoms with Crippen LogP contribution in [0, 0.1) is 0 Å². The fourth-order valence-electron chi connectivity index (χ4n) is 3.66. The van der Waals surface area contributed by atoms with E-state index in [-0.39, 0.29) is 27.9 Å². The number of hydrogen-bond donors (Lipinski definition) is 0. The summed E-state index contributed by atoms with van der Waals surface area (Å²) in [5.74, 6) is -0.197. The number of rotatable bonds is 5. The van der Waals surface area contributed by atoms with E-state index in [1.807, 2.05) is 6.07 Å². The number of likely N-dealkylation sites (tertiary alicyclic amines) is 1. The Morgan fingerprint density at radius 2 is 1.62 bits per heavy atom. The van der Waals surface area contributed by atoms with Crippen LogP contribution in [0.15, 0.2) is 53.4 Å². The molecule has 0 bridgehead atoms. The van der Waals surface area contributed by atoms with Gasteiger partial charge in [-0.3, -0.25) is 9.10 Å². The maximum absolute atomic E-state index is 13.3. The van der Waals surface area contributed by atoms with Gasteiger partial charge in [0, 0.05) is 19.6 Å². The summed E-state index contributed by atoms with van der Waals surface area (Å²) in [6, 6.07) is 13.3. The molecule has 2 aromatic rings. The maximum Gasteiger partial charge on any atom is 0.264 e. The van der Waals surface area contributed by atoms with Gasteiger partial charge in [-0.2, -0.15) is 0 Å². The van der Waals surface area contributed by atoms with E-state index in [9.17, 15) is 13.2 Å². The standard InChI is InChI=1S/C22H27ClN2O3S/c1-2-25(18-11-7-6-8-12-18)29(27,28)19-13-14-21(23)20(17-19)22(26)24-15-9-4-3-5-10-16-24/h6-8,11-14,17H,2-5,9-10,15-16H2,1H3. The molecule has 0 saturated carbocycles. The molecule has 156 valence electrons. The zero-order valence-corrected chi connectivity index (χ0v) is 18.3. The van der Waals surface area contributed by atoms with E-state index < -0.39 is 10.0 Å². The van der Waals surface area contributed by atoms with Gasteiger partial charge in [0.1, 0.15) is 0 Å². The van der Waals surface area contributed by atoms with Crippen LogP contribution in [0.25, 0.3) is 0 Å². The topological polar surface area (TPSA) is 57.7 Å². The number of sulfonamides is 1. The molecule has 1 saturated heterocycles. The van der Waals surface area contributed by atoms with Crippen LogP contribution in [0.4, 0.5) is 5.69 Å². The van der Waals surface area contributed by atoms with E-state index in [0.29, 0.717) is 18.8 Å². The number of para-hydroxylation sites is 1. The van der Waals surface area contributed by atoms with Gasteiger partial charge in [-0.25, -0.2) is 8.42 Å². The summed E-state index contributed by atoms with van der Waals surface area (Å²) in [4.78, 5) is 15.0. The van der Waals surface area contributed by atoms with Gasteiger partial charge in [-0.15, -0.1) is 0 Å². The van der Waals surface area contributed by atoms with Crippen LogP contribution in [0.3, 0.4) is 0 Å². The van der Waals surface area contributed by atoms with Gasteiger partial charge >= 0.3 is 0 Å². The lowest BCUT2D eigenvalue weighted by Gasteiger charge is -2.26. The van der Waals surface area contributed by atoms with Crippen LogP contribution < -0.4 is 4.31 Å². The second-order valence-electron chi connectivity index (χ2n) is 7.21. The molecule has 1 aliphatic rings. The molecule has 1 heterocycles. The number of nitrogens with zero attached hydrogens (tertiary/aromatic N) is 2. The Hall–Kier alpha value is -2.05. The third-order valence-electron chi connectivity index (χ3n) is 5.23. The van der Waals surface area contributed by atoms with E-state index in [4.69, 9.17) is 11.6 Å². The molecule has 7 heteroatoms. The molecule has 0 radical (unpaired) electrons. The molecule has 2 aromatic carbocycles. The normalized spacial score (nSPS) is 15.4. The van der Waals surface area contributed by atoms with Gasteiger partial charge in [0.2, 0.25) is 0 Å². The van der Waals surface area contributed by atoms with E-state index in [2.05, 4.69) is 0 Å². The van der Waals surface area contributed by atoms with Crippen molar-refractivity contribution in [2.75, 3.05) is 23.9 Å². The van der Waals surface area contributed by atoms with Crippen LogP contribution in [-0.4, -0.2) is 38.9 Å². The molecular weight excluding hydrogens is 408 g/mol. The van der Waals surface area contributed by atoms with Crippen LogP contribution in [0.1, 0.15) is 49.4 Å². The van der Waals surface area contributed by atoms with Crippen LogP contribution in [-0.2, 0) is 10.0 Å². The summed E-state index contributed by atoms with van der Waals surface area (Å²) < 4.78 is 27.9. The summed E-state index contributed by atoms with van der Waals surface area (Å²) >= 11 is 6.31. The highest BCUT2D eigenvalue weighted by Gasteiger charge is 2.27. The monoisotopic (exact) mass is 434 g/mol. The Bertz CT molecular complexity index is 940. The Morgan fingerprint density at radius 3 is 2.24 bits per heavy atom. The van der Waals surface area contributed by atoms with Gasteiger partial charge in [0.15, 0.2) is 0 Å². The molecule has 5 nitrogen and oxygen atoms in total. The number of halogens is 1. The highest BCUT2D eigenvalue weighted by atomic mass is 35.5. The molecule has 0 atom stereocenters. The first-order chi connectivity index (χ1) is 13.9. The molecule has 0 aliphatic carbocycles. The van der Waals surface area contributed by atoms with Crippen LogP contribution in [0.2, 0.25) is 5.02 Å². The summed E-state index contributed by atoms with van der Waals surface area (Å²) in [5.41, 5.74) is 0.832. The summed E-state index contributed by atoms with van der Waals surface area (Å²) in [5, 5.41) is 0.277. The fraction of sp³-hybridized carbons (Fsp3) is 0.409. The molecule has 29 heavy (non-hydrogen) atoms. The summed E-state index contributed by atoms with van der Waals surface area (Å²) in [7, 11) is -3.82. The number of carbonyl (C=O) groups is 1. The average Bonchev–Trinajstić information content (AvgIpc) is 2.68. The van der Waals surface area contributed by atoms with Crippen LogP contribution in [0.5, 0.6) is 0 Å². The van der Waals surface area contributed by atoms with Gasteiger partial charge in [-0.05, 0) is 50.1 Å². The van der Waals surface area contributed by atoms with Gasteiger partial charge < -0.3 is 4.90 Å². The van der Waals surface area contributed by atoms with Crippen molar-refractivity contribution in [3.8, 4) is 0 Å². The van der Waals surface area contributed by atoms with Crippen LogP contribution >= 0.6 is 11.6 Å². The largest absolute Gasteiger partial charge is 0.339 e. The Labute approximate surface area is 178 Å². The second-order valence-corrected chi connectivity index (χ2v) is 9.48. The van der Waals surface area contributed by atoms with Crippen molar-refractivity contribution in [1.82, 2.24) is 4.90 Å². The van der Waals surface area contributed by atoms with Crippen molar-refractivity contribution in [1.29, 1.82) is 0 Å². The average molecular weight is 435 g/mol. The molecule has 1 fully saturated rings. The van der Waals surface area contributed by atoms with E-state index in [1.54, 1.807) is 36.1 Å². The van der Waals surface area contributed by atoms with E-state index in [0.717, 1.165) is 25.7 Å². The van der Waals surface area contributed by atoms with Crippen molar-refractivity contribution >= 4 is 33.2 Å². The molecule has 3 rings (SSSR count). The Balaban J connectivity index is 1.94. The highest BCUT2D eigenvalue weighted by Crippen LogP contribution is 2.27. The quantitative estimate of drug-likeness (QED) is 0.668. The molecular formula is C22H27ClN2O3S. The second kappa shape index (κ2) is 9.63. The molecule has 0 unspecified atom stereocenters. The van der Waals surface area contributed by atoms with E-state index >= 15 is 0 Å². The number of carbonyl (C=O) groups excluding carboxylic acids is 1. The van der Waals surface area contributed by atoms with Crippen molar-refractivity contribution < 1.29 is 13.2 Å². The smallest absolute Gasteiger partial charge is 0.264 e. The number of hydrogen-bond acceptors (Lipinski definition) is 3. The molecule has 1 amide bonds. The SMILES string of the molecule is CCN(c1ccccc1)S(=O)(=O)c1ccc(Cl)c(C(=O)N2CCCCCCC2)c1. The first kappa shape index (κ1) is 21.7. The lowest BCUT2D eigenvalue weighted by molar-refractivity contribution is 0.0742. The van der Waals surface area contributed by atoms with Gasteiger partial charge in [-0.1, -0.05) is 49.1 Å². The number of anilines is 1. The zero-order chi connectivity index (χ0) is 20.9. The minimum absolute atomic E-state index is 0.0722. The number of amides is 1. The summed E-state index contributed by atoms with van der Waals surface area (Å²) in [6.07, 6.45) is 5.32. The Kier molecular flexibility index (Phi) is 7.19. The van der Waals surface area contributed by atoms with E-state index in [1.165, 1.54) is 28.9 Å². The first-order valence-electron chi connectivity index (χ1n) is 10.1. The molecule has 0 aromatic heterocycles. The Morgan fingerprint density at radius 1 is 1.00 bits per heavy atom. The first-order valence-corrected chi connectivity index (χ1v) is 11.9. The minimum Gasteiger partial charge on any atom is -0.339 e. The molecule has 1 aliphatic heterocycles. The van der Waals surface area contributed by atoms with Crippen molar-refractivity contribution in [3.63, 3.8) is 0 Å². The van der Waals surface area contributed by atoms with Gasteiger partial charge in [0.25, 0.3) is 15.9 Å². The van der Waals surface area contributed by atoms with Crippen molar-refractivity contribution in [3.05, 3.63) is 59.1 Å². The predicted octanol–water partition coefficient (Wildman–Crippen LogP) is 4.96. The third kappa shape index (κ3) is 4.93. The fourth-order valence-corrected chi connectivity index (χ4v) is 5.36. The maximum atomic E-state index is 13.3. The number of benzene rings is 2. The minimum atomic E-state index is -3.82. The molecule has 0 spiro atoms. The lowest BCUT2D eigenvalue weighted by Crippen LogP contribution is -2.34. The lowest BCUT2D eigenvalue weighted by atomic mass is 10.1.